The number of nitrogens with zero attached hydrogens (tertiary/aromatic N) is 3. The number of hydrogen-bond acceptors (Lipinski definition) is 13. The predicted molar refractivity (Wildman–Crippen MR) is 153 cm³/mol. The molecule has 15 heteroatoms. The summed E-state index contributed by atoms with van der Waals surface area (Å²) in [5.74, 6) is 2.39. The average Bonchev–Trinajstić information content (AvgIpc) is 3.00. The predicted octanol–water partition coefficient (Wildman–Crippen LogP) is 1.13. The van der Waals surface area contributed by atoms with Gasteiger partial charge in [-0.1, -0.05) is 11.0 Å². The second kappa shape index (κ2) is 39.4. The van der Waals surface area contributed by atoms with Gasteiger partial charge in [0, 0.05) is 11.5 Å². The molecule has 0 bridgehead atoms. The van der Waals surface area contributed by atoms with E-state index < -0.39 is 0 Å². The Morgan fingerprint density at radius 3 is 0.810 bits per heavy atom. The normalized spacial score (nSPS) is 11.0. The lowest BCUT2D eigenvalue weighted by Gasteiger charge is -2.09. The molecule has 0 aliphatic heterocycles. The van der Waals surface area contributed by atoms with Gasteiger partial charge in [-0.25, -0.2) is 0 Å². The highest BCUT2D eigenvalue weighted by molar-refractivity contribution is 4.82. The van der Waals surface area contributed by atoms with Gasteiger partial charge in [-0.15, -0.1) is 6.42 Å². The van der Waals surface area contributed by atoms with Gasteiger partial charge in [0.1, 0.15) is 6.61 Å². The maximum Gasteiger partial charge on any atom is 0.107 e. The quantitative estimate of drug-likeness (QED) is 0.0325. The maximum absolute atomic E-state index is 8.13. The lowest BCUT2D eigenvalue weighted by atomic mass is 10.6. The minimum absolute atomic E-state index is 0.305. The monoisotopic (exact) mass is 609 g/mol. The third-order valence-corrected chi connectivity index (χ3v) is 4.68. The molecule has 0 aromatic carbocycles. The average molecular weight is 610 g/mol. The van der Waals surface area contributed by atoms with Crippen molar-refractivity contribution in [1.29, 1.82) is 0 Å². The third kappa shape index (κ3) is 38.4. The van der Waals surface area contributed by atoms with Crippen LogP contribution in [-0.2, 0) is 56.8 Å². The van der Waals surface area contributed by atoms with Crippen LogP contribution >= 0.6 is 0 Å². The van der Waals surface area contributed by atoms with Gasteiger partial charge in [0.15, 0.2) is 0 Å². The molecule has 15 nitrogen and oxygen atoms in total. The highest BCUT2D eigenvalue weighted by atomic mass is 16.6. The van der Waals surface area contributed by atoms with Crippen LogP contribution in [0.2, 0.25) is 0 Å². The molecule has 0 saturated heterocycles. The Morgan fingerprint density at radius 2 is 0.595 bits per heavy atom. The second-order valence-corrected chi connectivity index (χ2v) is 7.95. The molecule has 0 heterocycles. The van der Waals surface area contributed by atoms with Crippen LogP contribution in [0.25, 0.3) is 10.4 Å². The smallest absolute Gasteiger partial charge is 0.107 e. The fraction of sp³-hybridized carbons (Fsp3) is 0.926. The van der Waals surface area contributed by atoms with Gasteiger partial charge in [0.2, 0.25) is 0 Å². The van der Waals surface area contributed by atoms with Gasteiger partial charge in [-0.2, -0.15) is 0 Å². The molecule has 0 aliphatic carbocycles. The Labute approximate surface area is 250 Å². The topological polar surface area (TPSA) is 160 Å². The zero-order valence-corrected chi connectivity index (χ0v) is 25.0. The van der Waals surface area contributed by atoms with E-state index in [1.165, 1.54) is 0 Å². The molecule has 42 heavy (non-hydrogen) atoms. The summed E-state index contributed by atoms with van der Waals surface area (Å²) >= 11 is 0. The van der Waals surface area contributed by atoms with Gasteiger partial charge in [-0.3, -0.25) is 0 Å². The Balaban J connectivity index is 3.04. The third-order valence-electron chi connectivity index (χ3n) is 4.68. The summed E-state index contributed by atoms with van der Waals surface area (Å²) in [6.45, 7) is 11.9. The Morgan fingerprint density at radius 1 is 0.381 bits per heavy atom. The van der Waals surface area contributed by atoms with Crippen molar-refractivity contribution in [2.24, 2.45) is 5.11 Å². The molecule has 0 fully saturated rings. The molecular formula is C27H51N3O12. The van der Waals surface area contributed by atoms with Crippen LogP contribution in [0.4, 0.5) is 0 Å². The molecule has 0 aromatic heterocycles. The number of hydrogen-bond donors (Lipinski definition) is 0. The number of azide groups is 1. The van der Waals surface area contributed by atoms with Crippen molar-refractivity contribution in [3.8, 4) is 12.3 Å². The van der Waals surface area contributed by atoms with Gasteiger partial charge in [-0.05, 0) is 5.53 Å². The lowest BCUT2D eigenvalue weighted by molar-refractivity contribution is -0.0281. The largest absolute Gasteiger partial charge is 0.379 e. The van der Waals surface area contributed by atoms with E-state index >= 15 is 0 Å². The first-order valence-electron chi connectivity index (χ1n) is 14.3. The molecule has 0 rings (SSSR count). The fourth-order valence-electron chi connectivity index (χ4n) is 2.70. The molecule has 246 valence electrons. The molecular weight excluding hydrogens is 558 g/mol. The van der Waals surface area contributed by atoms with Crippen molar-refractivity contribution >= 4 is 0 Å². The van der Waals surface area contributed by atoms with Gasteiger partial charge < -0.3 is 56.8 Å². The minimum Gasteiger partial charge on any atom is -0.379 e. The number of ether oxygens (including phenoxy) is 12. The van der Waals surface area contributed by atoms with Crippen molar-refractivity contribution in [3.63, 3.8) is 0 Å². The van der Waals surface area contributed by atoms with E-state index in [4.69, 9.17) is 68.8 Å². The first-order chi connectivity index (χ1) is 20.9. The van der Waals surface area contributed by atoms with Gasteiger partial charge >= 0.3 is 0 Å². The van der Waals surface area contributed by atoms with Crippen LogP contribution in [0.3, 0.4) is 0 Å². The molecule has 0 unspecified atom stereocenters. The second-order valence-electron chi connectivity index (χ2n) is 7.95. The fourth-order valence-corrected chi connectivity index (χ4v) is 2.70. The summed E-state index contributed by atoms with van der Waals surface area (Å²) in [4.78, 5) is 2.64. The summed E-state index contributed by atoms with van der Waals surface area (Å²) in [5.41, 5.74) is 8.13. The highest BCUT2D eigenvalue weighted by Gasteiger charge is 1.96. The van der Waals surface area contributed by atoms with E-state index in [1.54, 1.807) is 0 Å². The molecule has 0 aromatic rings. The zero-order valence-electron chi connectivity index (χ0n) is 25.0. The maximum atomic E-state index is 8.13. The summed E-state index contributed by atoms with van der Waals surface area (Å²) in [6.07, 6.45) is 5.07. The molecule has 0 spiro atoms. The molecule has 0 radical (unpaired) electrons. The number of rotatable bonds is 37. The van der Waals surface area contributed by atoms with Gasteiger partial charge in [0.05, 0.1) is 152 Å². The Hall–Kier alpha value is -1.61. The van der Waals surface area contributed by atoms with Gasteiger partial charge in [0.25, 0.3) is 0 Å². The van der Waals surface area contributed by atoms with Crippen LogP contribution in [0.5, 0.6) is 0 Å². The summed E-state index contributed by atoms with van der Waals surface area (Å²) < 4.78 is 64.5. The van der Waals surface area contributed by atoms with Crippen LogP contribution in [0.15, 0.2) is 5.11 Å². The van der Waals surface area contributed by atoms with Crippen molar-refractivity contribution in [2.45, 2.75) is 0 Å². The highest BCUT2D eigenvalue weighted by Crippen LogP contribution is 1.87. The van der Waals surface area contributed by atoms with E-state index in [0.29, 0.717) is 165 Å². The van der Waals surface area contributed by atoms with Crippen molar-refractivity contribution in [2.75, 3.05) is 165 Å². The summed E-state index contributed by atoms with van der Waals surface area (Å²) in [7, 11) is 0. The zero-order chi connectivity index (χ0) is 30.3. The van der Waals surface area contributed by atoms with Crippen molar-refractivity contribution in [3.05, 3.63) is 10.4 Å². The molecule has 0 N–H and O–H groups in total. The van der Waals surface area contributed by atoms with E-state index in [0.717, 1.165) is 0 Å². The summed E-state index contributed by atoms with van der Waals surface area (Å²) in [6, 6.07) is 0. The van der Waals surface area contributed by atoms with Crippen LogP contribution < -0.4 is 0 Å². The Kier molecular flexibility index (Phi) is 37.9. The molecule has 0 amide bonds. The summed E-state index contributed by atoms with van der Waals surface area (Å²) in [5, 5.41) is 3.37. The van der Waals surface area contributed by atoms with E-state index in [1.807, 2.05) is 0 Å². The van der Waals surface area contributed by atoms with E-state index in [2.05, 4.69) is 15.9 Å². The first kappa shape index (κ1) is 40.4. The van der Waals surface area contributed by atoms with E-state index in [-0.39, 0.29) is 0 Å². The van der Waals surface area contributed by atoms with Crippen LogP contribution in [-0.4, -0.2) is 165 Å². The standard InChI is InChI=1S/C27H51N3O12/c1-2-4-31-6-8-33-10-12-35-14-16-37-18-20-39-22-24-41-26-27-42-25-23-40-21-19-38-17-15-36-13-11-34-9-7-32-5-3-29-30-28/h1H,3-27H2. The molecule has 0 saturated carbocycles. The minimum atomic E-state index is 0.305. The SMILES string of the molecule is C#CCOCCOCCOCCOCCOCCOCCOCCOCCOCCOCCOCCOCCN=[N+]=[N-]. The molecule has 0 aliphatic rings. The first-order valence-corrected chi connectivity index (χ1v) is 14.3. The van der Waals surface area contributed by atoms with Crippen molar-refractivity contribution < 1.29 is 56.8 Å². The van der Waals surface area contributed by atoms with E-state index in [9.17, 15) is 0 Å². The van der Waals surface area contributed by atoms with Crippen LogP contribution in [0, 0.1) is 12.3 Å². The Bertz CT molecular complexity index is 609. The molecule has 0 atom stereocenters. The lowest BCUT2D eigenvalue weighted by Crippen LogP contribution is -2.15. The van der Waals surface area contributed by atoms with Crippen molar-refractivity contribution in [1.82, 2.24) is 0 Å². The van der Waals surface area contributed by atoms with Crippen LogP contribution in [0.1, 0.15) is 0 Å². The number of terminal acetylenes is 1.